The van der Waals surface area contributed by atoms with Crippen molar-refractivity contribution in [1.82, 2.24) is 0 Å². The number of carbonyl (C=O) groups excluding carboxylic acids is 2. The molecule has 0 aliphatic heterocycles. The standard InChI is InChI=1S/C27H29NO8/c1-4-33-25-16-19(10-12-24(25)35-15-14-34-20-8-6-5-7-9-20)27(30)36-18-26(29)28-22-17-21(31-2)11-13-23(22)32-3/h5-13,16-17H,4,14-15,18H2,1-3H3,(H,28,29). The lowest BCUT2D eigenvalue weighted by Gasteiger charge is -2.14. The Morgan fingerprint density at radius 3 is 2.22 bits per heavy atom. The summed E-state index contributed by atoms with van der Waals surface area (Å²) >= 11 is 0. The van der Waals surface area contributed by atoms with Crippen LogP contribution in [0.1, 0.15) is 17.3 Å². The quantitative estimate of drug-likeness (QED) is 0.276. The zero-order valence-corrected chi connectivity index (χ0v) is 20.4. The molecule has 3 aromatic rings. The molecule has 0 unspecified atom stereocenters. The number of nitrogens with one attached hydrogen (secondary N) is 1. The summed E-state index contributed by atoms with van der Waals surface area (Å²) < 4.78 is 32.6. The van der Waals surface area contributed by atoms with Crippen LogP contribution >= 0.6 is 0 Å². The van der Waals surface area contributed by atoms with Gasteiger partial charge in [-0.05, 0) is 49.4 Å². The van der Waals surface area contributed by atoms with Crippen molar-refractivity contribution in [3.05, 3.63) is 72.3 Å². The number of anilines is 1. The Bertz CT molecular complexity index is 1150. The van der Waals surface area contributed by atoms with Gasteiger partial charge in [0.1, 0.15) is 30.5 Å². The maximum Gasteiger partial charge on any atom is 0.338 e. The summed E-state index contributed by atoms with van der Waals surface area (Å²) in [5.41, 5.74) is 0.618. The fourth-order valence-corrected chi connectivity index (χ4v) is 3.16. The van der Waals surface area contributed by atoms with Crippen LogP contribution in [-0.4, -0.2) is 52.5 Å². The van der Waals surface area contributed by atoms with Crippen molar-refractivity contribution in [3.8, 4) is 28.7 Å². The van der Waals surface area contributed by atoms with Gasteiger partial charge in [0.2, 0.25) is 0 Å². The Morgan fingerprint density at radius 1 is 0.750 bits per heavy atom. The molecule has 3 aromatic carbocycles. The smallest absolute Gasteiger partial charge is 0.338 e. The highest BCUT2D eigenvalue weighted by Crippen LogP contribution is 2.30. The van der Waals surface area contributed by atoms with E-state index in [4.69, 9.17) is 28.4 Å². The fraction of sp³-hybridized carbons (Fsp3) is 0.259. The molecule has 9 nitrogen and oxygen atoms in total. The van der Waals surface area contributed by atoms with Gasteiger partial charge in [0.05, 0.1) is 32.1 Å². The molecule has 0 aliphatic rings. The molecule has 0 fully saturated rings. The van der Waals surface area contributed by atoms with Crippen LogP contribution in [0, 0.1) is 0 Å². The Hall–Kier alpha value is -4.40. The maximum atomic E-state index is 12.5. The summed E-state index contributed by atoms with van der Waals surface area (Å²) in [5, 5.41) is 2.65. The Morgan fingerprint density at radius 2 is 1.50 bits per heavy atom. The van der Waals surface area contributed by atoms with E-state index in [9.17, 15) is 9.59 Å². The largest absolute Gasteiger partial charge is 0.497 e. The molecule has 1 amide bonds. The highest BCUT2D eigenvalue weighted by molar-refractivity contribution is 5.96. The van der Waals surface area contributed by atoms with Gasteiger partial charge in [0, 0.05) is 6.07 Å². The number of esters is 1. The van der Waals surface area contributed by atoms with Crippen LogP contribution in [0.3, 0.4) is 0 Å². The molecule has 190 valence electrons. The van der Waals surface area contributed by atoms with Gasteiger partial charge in [-0.2, -0.15) is 0 Å². The van der Waals surface area contributed by atoms with E-state index in [-0.39, 0.29) is 12.2 Å². The van der Waals surface area contributed by atoms with Crippen LogP contribution < -0.4 is 29.0 Å². The van der Waals surface area contributed by atoms with Crippen molar-refractivity contribution in [2.75, 3.05) is 46.0 Å². The Balaban J connectivity index is 1.55. The van der Waals surface area contributed by atoms with Gasteiger partial charge in [0.15, 0.2) is 18.1 Å². The SMILES string of the molecule is CCOc1cc(C(=O)OCC(=O)Nc2cc(OC)ccc2OC)ccc1OCCOc1ccccc1. The molecule has 0 aromatic heterocycles. The molecule has 0 saturated carbocycles. The van der Waals surface area contributed by atoms with Crippen molar-refractivity contribution in [2.24, 2.45) is 0 Å². The zero-order valence-electron chi connectivity index (χ0n) is 20.4. The number of para-hydroxylation sites is 1. The number of carbonyl (C=O) groups is 2. The van der Waals surface area contributed by atoms with Crippen LogP contribution in [-0.2, 0) is 9.53 Å². The van der Waals surface area contributed by atoms with E-state index in [0.29, 0.717) is 41.9 Å². The molecule has 1 N–H and O–H groups in total. The monoisotopic (exact) mass is 495 g/mol. The van der Waals surface area contributed by atoms with Crippen molar-refractivity contribution >= 4 is 17.6 Å². The number of hydrogen-bond donors (Lipinski definition) is 1. The maximum absolute atomic E-state index is 12.5. The van der Waals surface area contributed by atoms with Gasteiger partial charge in [-0.1, -0.05) is 18.2 Å². The minimum Gasteiger partial charge on any atom is -0.497 e. The van der Waals surface area contributed by atoms with Crippen LogP contribution in [0.2, 0.25) is 0 Å². The van der Waals surface area contributed by atoms with Crippen molar-refractivity contribution in [1.29, 1.82) is 0 Å². The van der Waals surface area contributed by atoms with Crippen molar-refractivity contribution < 1.29 is 38.0 Å². The second-order valence-electron chi connectivity index (χ2n) is 7.30. The van der Waals surface area contributed by atoms with E-state index in [0.717, 1.165) is 5.75 Å². The first-order valence-electron chi connectivity index (χ1n) is 11.3. The second kappa shape index (κ2) is 13.5. The Labute approximate surface area is 209 Å². The van der Waals surface area contributed by atoms with Gasteiger partial charge in [-0.3, -0.25) is 4.79 Å². The summed E-state index contributed by atoms with van der Waals surface area (Å²) in [4.78, 5) is 24.9. The number of ether oxygens (including phenoxy) is 6. The molecule has 0 heterocycles. The minimum absolute atomic E-state index is 0.220. The molecule has 0 radical (unpaired) electrons. The predicted molar refractivity (Wildman–Crippen MR) is 134 cm³/mol. The van der Waals surface area contributed by atoms with Crippen LogP contribution in [0.5, 0.6) is 28.7 Å². The lowest BCUT2D eigenvalue weighted by Crippen LogP contribution is -2.21. The second-order valence-corrected chi connectivity index (χ2v) is 7.30. The number of methoxy groups -OCH3 is 2. The summed E-state index contributed by atoms with van der Waals surface area (Å²) in [7, 11) is 3.00. The average molecular weight is 496 g/mol. The third-order valence-corrected chi connectivity index (χ3v) is 4.85. The first-order valence-corrected chi connectivity index (χ1v) is 11.3. The molecule has 0 spiro atoms. The lowest BCUT2D eigenvalue weighted by atomic mass is 10.2. The number of hydrogen-bond acceptors (Lipinski definition) is 8. The molecule has 36 heavy (non-hydrogen) atoms. The zero-order chi connectivity index (χ0) is 25.8. The van der Waals surface area contributed by atoms with Gasteiger partial charge in [0.25, 0.3) is 5.91 Å². The number of rotatable bonds is 13. The van der Waals surface area contributed by atoms with Crippen molar-refractivity contribution in [3.63, 3.8) is 0 Å². The van der Waals surface area contributed by atoms with Gasteiger partial charge in [-0.15, -0.1) is 0 Å². The summed E-state index contributed by atoms with van der Waals surface area (Å²) in [6, 6.07) is 19.1. The normalized spacial score (nSPS) is 10.2. The Kier molecular flexibility index (Phi) is 9.81. The van der Waals surface area contributed by atoms with Crippen LogP contribution in [0.4, 0.5) is 5.69 Å². The molecule has 0 atom stereocenters. The third kappa shape index (κ3) is 7.56. The summed E-state index contributed by atoms with van der Waals surface area (Å²) in [6.07, 6.45) is 0. The predicted octanol–water partition coefficient (Wildman–Crippen LogP) is 4.36. The number of benzene rings is 3. The molecule has 0 saturated heterocycles. The van der Waals surface area contributed by atoms with E-state index >= 15 is 0 Å². The molecular formula is C27H29NO8. The van der Waals surface area contributed by atoms with Gasteiger partial charge in [-0.25, -0.2) is 4.79 Å². The minimum atomic E-state index is -0.678. The topological polar surface area (TPSA) is 102 Å². The molecule has 3 rings (SSSR count). The lowest BCUT2D eigenvalue weighted by molar-refractivity contribution is -0.119. The van der Waals surface area contributed by atoms with E-state index in [1.807, 2.05) is 37.3 Å². The molecule has 0 bridgehead atoms. The first-order chi connectivity index (χ1) is 17.5. The van der Waals surface area contributed by atoms with E-state index < -0.39 is 18.5 Å². The van der Waals surface area contributed by atoms with Gasteiger partial charge >= 0.3 is 5.97 Å². The summed E-state index contributed by atoms with van der Waals surface area (Å²) in [6.45, 7) is 2.34. The molecule has 0 aliphatic carbocycles. The van der Waals surface area contributed by atoms with Crippen LogP contribution in [0.25, 0.3) is 0 Å². The van der Waals surface area contributed by atoms with E-state index in [2.05, 4.69) is 5.32 Å². The van der Waals surface area contributed by atoms with Crippen molar-refractivity contribution in [2.45, 2.75) is 6.92 Å². The highest BCUT2D eigenvalue weighted by Gasteiger charge is 2.16. The third-order valence-electron chi connectivity index (χ3n) is 4.85. The highest BCUT2D eigenvalue weighted by atomic mass is 16.5. The fourth-order valence-electron chi connectivity index (χ4n) is 3.16. The first kappa shape index (κ1) is 26.2. The number of amides is 1. The van der Waals surface area contributed by atoms with Gasteiger partial charge < -0.3 is 33.7 Å². The summed E-state index contributed by atoms with van der Waals surface area (Å²) in [5.74, 6) is 1.38. The van der Waals surface area contributed by atoms with E-state index in [1.54, 1.807) is 30.3 Å². The molecular weight excluding hydrogens is 466 g/mol. The molecule has 9 heteroatoms. The average Bonchev–Trinajstić information content (AvgIpc) is 2.91. The van der Waals surface area contributed by atoms with Crippen LogP contribution in [0.15, 0.2) is 66.7 Å². The van der Waals surface area contributed by atoms with E-state index in [1.165, 1.54) is 20.3 Å².